The fourth-order valence-electron chi connectivity index (χ4n) is 2.32. The van der Waals surface area contributed by atoms with Crippen molar-refractivity contribution in [3.8, 4) is 0 Å². The van der Waals surface area contributed by atoms with E-state index in [1.807, 2.05) is 0 Å². The van der Waals surface area contributed by atoms with Crippen molar-refractivity contribution < 1.29 is 23.1 Å². The maximum atomic E-state index is 12.2. The Bertz CT molecular complexity index is 683. The summed E-state index contributed by atoms with van der Waals surface area (Å²) in [6.45, 7) is 1.85. The third-order valence-corrected chi connectivity index (χ3v) is 5.04. The van der Waals surface area contributed by atoms with Crippen molar-refractivity contribution in [2.45, 2.75) is 24.3 Å². The molecule has 1 aliphatic rings. The van der Waals surface area contributed by atoms with E-state index in [4.69, 9.17) is 5.11 Å². The second-order valence-corrected chi connectivity index (χ2v) is 7.01. The van der Waals surface area contributed by atoms with Gasteiger partial charge in [0.2, 0.25) is 15.9 Å². The molecule has 0 bridgehead atoms. The van der Waals surface area contributed by atoms with Crippen LogP contribution >= 0.6 is 0 Å². The van der Waals surface area contributed by atoms with Crippen molar-refractivity contribution in [3.05, 3.63) is 12.4 Å². The molecule has 22 heavy (non-hydrogen) atoms. The molecule has 0 aromatic carbocycles. The summed E-state index contributed by atoms with van der Waals surface area (Å²) in [6.07, 6.45) is 2.90. The summed E-state index contributed by atoms with van der Waals surface area (Å²) in [4.78, 5) is 24.5. The van der Waals surface area contributed by atoms with E-state index in [-0.39, 0.29) is 11.4 Å². The maximum Gasteiger partial charge on any atom is 0.308 e. The van der Waals surface area contributed by atoms with Crippen LogP contribution in [0.1, 0.15) is 13.3 Å². The van der Waals surface area contributed by atoms with Crippen LogP contribution in [0.5, 0.6) is 0 Å². The van der Waals surface area contributed by atoms with Crippen LogP contribution < -0.4 is 4.72 Å². The summed E-state index contributed by atoms with van der Waals surface area (Å²) >= 11 is 0. The molecule has 1 aliphatic heterocycles. The van der Waals surface area contributed by atoms with Crippen molar-refractivity contribution in [2.24, 2.45) is 13.0 Å². The smallest absolute Gasteiger partial charge is 0.308 e. The largest absolute Gasteiger partial charge is 0.481 e. The van der Waals surface area contributed by atoms with Crippen LogP contribution in [0.15, 0.2) is 17.3 Å². The Hall–Kier alpha value is -1.94. The number of carboxylic acids is 1. The van der Waals surface area contributed by atoms with E-state index < -0.39 is 33.9 Å². The van der Waals surface area contributed by atoms with E-state index >= 15 is 0 Å². The molecule has 2 rings (SSSR count). The van der Waals surface area contributed by atoms with Gasteiger partial charge in [-0.15, -0.1) is 0 Å². The predicted octanol–water partition coefficient (Wildman–Crippen LogP) is -0.980. The number of amides is 1. The summed E-state index contributed by atoms with van der Waals surface area (Å²) in [6, 6.07) is -0.974. The highest BCUT2D eigenvalue weighted by Crippen LogP contribution is 2.17. The lowest BCUT2D eigenvalue weighted by atomic mass is 10.1. The minimum atomic E-state index is -3.84. The number of aromatic nitrogens is 2. The number of aryl methyl sites for hydroxylation is 1. The number of carbonyl (C=O) groups excluding carboxylic acids is 1. The summed E-state index contributed by atoms with van der Waals surface area (Å²) in [5.74, 6) is -1.97. The monoisotopic (exact) mass is 330 g/mol. The Morgan fingerprint density at radius 2 is 2.18 bits per heavy atom. The van der Waals surface area contributed by atoms with Crippen molar-refractivity contribution >= 4 is 21.9 Å². The lowest BCUT2D eigenvalue weighted by Crippen LogP contribution is -2.46. The standard InChI is InChI=1S/C12H18N4O5S/c1-8(11(17)16-4-3-9(6-16)12(18)19)14-22(20,21)10-5-13-15(2)7-10/h5,7-9,14H,3-4,6H2,1-2H3,(H,18,19). The minimum absolute atomic E-state index is 0.0283. The van der Waals surface area contributed by atoms with Gasteiger partial charge in [0.1, 0.15) is 4.90 Å². The highest BCUT2D eigenvalue weighted by atomic mass is 32.2. The van der Waals surface area contributed by atoms with Crippen molar-refractivity contribution in [1.29, 1.82) is 0 Å². The molecule has 2 atom stereocenters. The molecule has 10 heteroatoms. The van der Waals surface area contributed by atoms with Gasteiger partial charge in [-0.3, -0.25) is 14.3 Å². The fourth-order valence-corrected chi connectivity index (χ4v) is 3.50. The fraction of sp³-hybridized carbons (Fsp3) is 0.583. The third-order valence-electron chi connectivity index (χ3n) is 3.54. The highest BCUT2D eigenvalue weighted by molar-refractivity contribution is 7.89. The first-order chi connectivity index (χ1) is 10.2. The molecule has 0 aliphatic carbocycles. The molecule has 1 aromatic rings. The second-order valence-electron chi connectivity index (χ2n) is 5.30. The summed E-state index contributed by atoms with van der Waals surface area (Å²) in [7, 11) is -2.25. The lowest BCUT2D eigenvalue weighted by molar-refractivity contribution is -0.141. The number of rotatable bonds is 5. The molecule has 0 radical (unpaired) electrons. The van der Waals surface area contributed by atoms with E-state index in [1.165, 1.54) is 28.9 Å². The zero-order valence-electron chi connectivity index (χ0n) is 12.3. The van der Waals surface area contributed by atoms with Crippen LogP contribution in [0, 0.1) is 5.92 Å². The number of hydrogen-bond acceptors (Lipinski definition) is 5. The Balaban J connectivity index is 2.01. The number of nitrogens with zero attached hydrogens (tertiary/aromatic N) is 3. The first-order valence-electron chi connectivity index (χ1n) is 6.73. The lowest BCUT2D eigenvalue weighted by Gasteiger charge is -2.21. The molecule has 2 unspecified atom stereocenters. The van der Waals surface area contributed by atoms with Crippen LogP contribution in [0.4, 0.5) is 0 Å². The second kappa shape index (κ2) is 6.05. The number of carbonyl (C=O) groups is 2. The molecule has 1 amide bonds. The zero-order valence-corrected chi connectivity index (χ0v) is 13.1. The molecule has 0 saturated carbocycles. The van der Waals surface area contributed by atoms with Gasteiger partial charge in [0, 0.05) is 26.3 Å². The van der Waals surface area contributed by atoms with Gasteiger partial charge < -0.3 is 10.0 Å². The molecule has 0 spiro atoms. The normalized spacial score (nSPS) is 20.1. The maximum absolute atomic E-state index is 12.2. The van der Waals surface area contributed by atoms with E-state index in [1.54, 1.807) is 7.05 Å². The summed E-state index contributed by atoms with van der Waals surface area (Å²) in [5.41, 5.74) is 0. The summed E-state index contributed by atoms with van der Waals surface area (Å²) in [5, 5.41) is 12.7. The van der Waals surface area contributed by atoms with Crippen LogP contribution in [-0.2, 0) is 26.7 Å². The molecule has 9 nitrogen and oxygen atoms in total. The molecule has 1 saturated heterocycles. The van der Waals surface area contributed by atoms with Crippen molar-refractivity contribution in [1.82, 2.24) is 19.4 Å². The molecular formula is C12H18N4O5S. The van der Waals surface area contributed by atoms with Gasteiger partial charge in [-0.2, -0.15) is 9.82 Å². The first-order valence-corrected chi connectivity index (χ1v) is 8.21. The number of carboxylic acid groups (broad SMARTS) is 1. The van der Waals surface area contributed by atoms with Crippen LogP contribution in [0.3, 0.4) is 0 Å². The Labute approximate surface area is 128 Å². The van der Waals surface area contributed by atoms with Gasteiger partial charge in [0.15, 0.2) is 0 Å². The molecule has 2 heterocycles. The van der Waals surface area contributed by atoms with Gasteiger partial charge in [-0.25, -0.2) is 8.42 Å². The first kappa shape index (κ1) is 16.4. The van der Waals surface area contributed by atoms with E-state index in [0.717, 1.165) is 0 Å². The number of likely N-dealkylation sites (tertiary alicyclic amines) is 1. The predicted molar refractivity (Wildman–Crippen MR) is 75.3 cm³/mol. The van der Waals surface area contributed by atoms with E-state index in [2.05, 4.69) is 9.82 Å². The molecule has 2 N–H and O–H groups in total. The number of nitrogens with one attached hydrogen (secondary N) is 1. The summed E-state index contributed by atoms with van der Waals surface area (Å²) < 4.78 is 27.9. The van der Waals surface area contributed by atoms with E-state index in [9.17, 15) is 18.0 Å². The highest BCUT2D eigenvalue weighted by Gasteiger charge is 2.34. The van der Waals surface area contributed by atoms with Gasteiger partial charge in [-0.05, 0) is 13.3 Å². The number of sulfonamides is 1. The average Bonchev–Trinajstić information content (AvgIpc) is 3.06. The minimum Gasteiger partial charge on any atom is -0.481 e. The van der Waals surface area contributed by atoms with Crippen molar-refractivity contribution in [2.75, 3.05) is 13.1 Å². The zero-order chi connectivity index (χ0) is 16.5. The Morgan fingerprint density at radius 1 is 1.50 bits per heavy atom. The third kappa shape index (κ3) is 3.45. The molecular weight excluding hydrogens is 312 g/mol. The van der Waals surface area contributed by atoms with Gasteiger partial charge in [-0.1, -0.05) is 0 Å². The van der Waals surface area contributed by atoms with Gasteiger partial charge in [0.25, 0.3) is 0 Å². The topological polar surface area (TPSA) is 122 Å². The van der Waals surface area contributed by atoms with Gasteiger partial charge >= 0.3 is 5.97 Å². The van der Waals surface area contributed by atoms with Crippen LogP contribution in [-0.4, -0.2) is 59.2 Å². The average molecular weight is 330 g/mol. The molecule has 122 valence electrons. The van der Waals surface area contributed by atoms with Gasteiger partial charge in [0.05, 0.1) is 18.2 Å². The quantitative estimate of drug-likeness (QED) is 0.715. The molecule has 1 aromatic heterocycles. The van der Waals surface area contributed by atoms with Crippen molar-refractivity contribution in [3.63, 3.8) is 0 Å². The number of aliphatic carboxylic acids is 1. The van der Waals surface area contributed by atoms with E-state index in [0.29, 0.717) is 13.0 Å². The Kier molecular flexibility index (Phi) is 4.52. The SMILES string of the molecule is CC(NS(=O)(=O)c1cnn(C)c1)C(=O)N1CCC(C(=O)O)C1. The number of hydrogen-bond donors (Lipinski definition) is 2. The van der Waals surface area contributed by atoms with Crippen LogP contribution in [0.2, 0.25) is 0 Å². The molecule has 1 fully saturated rings. The van der Waals surface area contributed by atoms with Crippen LogP contribution in [0.25, 0.3) is 0 Å². The Morgan fingerprint density at radius 3 is 2.68 bits per heavy atom.